The van der Waals surface area contributed by atoms with Crippen molar-refractivity contribution < 1.29 is 28.6 Å². The highest BCUT2D eigenvalue weighted by Gasteiger charge is 2.27. The van der Waals surface area contributed by atoms with Crippen LogP contribution in [0.5, 0.6) is 5.75 Å². The maximum absolute atomic E-state index is 12.4. The second-order valence-electron chi connectivity index (χ2n) is 5.66. The zero-order valence-electron chi connectivity index (χ0n) is 16.0. The van der Waals surface area contributed by atoms with Gasteiger partial charge in [-0.15, -0.1) is 11.3 Å². The molecule has 0 saturated heterocycles. The van der Waals surface area contributed by atoms with Gasteiger partial charge in [-0.25, -0.2) is 9.59 Å². The number of amides is 1. The first-order valence-corrected chi connectivity index (χ1v) is 9.83. The summed E-state index contributed by atoms with van der Waals surface area (Å²) in [4.78, 5) is 37.1. The second kappa shape index (κ2) is 10.6. The van der Waals surface area contributed by atoms with Gasteiger partial charge in [0.05, 0.1) is 12.2 Å². The van der Waals surface area contributed by atoms with E-state index in [0.29, 0.717) is 16.3 Å². The molecule has 1 aromatic carbocycles. The van der Waals surface area contributed by atoms with Crippen LogP contribution < -0.4 is 10.1 Å². The molecule has 0 aliphatic rings. The van der Waals surface area contributed by atoms with Crippen molar-refractivity contribution in [1.82, 2.24) is 0 Å². The van der Waals surface area contributed by atoms with Gasteiger partial charge in [0.2, 0.25) is 0 Å². The van der Waals surface area contributed by atoms with Crippen molar-refractivity contribution in [2.45, 2.75) is 13.8 Å². The predicted molar refractivity (Wildman–Crippen MR) is 111 cm³/mol. The Balaban J connectivity index is 2.18. The first-order chi connectivity index (χ1) is 13.9. The van der Waals surface area contributed by atoms with Crippen LogP contribution in [-0.4, -0.2) is 37.7 Å². The number of esters is 2. The third-order valence-electron chi connectivity index (χ3n) is 3.58. The van der Waals surface area contributed by atoms with Crippen molar-refractivity contribution in [3.05, 3.63) is 57.9 Å². The van der Waals surface area contributed by atoms with Gasteiger partial charge >= 0.3 is 11.9 Å². The smallest absolute Gasteiger partial charge is 0.348 e. The maximum atomic E-state index is 12.4. The van der Waals surface area contributed by atoms with Crippen molar-refractivity contribution >= 4 is 45.8 Å². The van der Waals surface area contributed by atoms with Crippen LogP contribution in [0.1, 0.15) is 32.5 Å². The Hall–Kier alpha value is -2.84. The van der Waals surface area contributed by atoms with Crippen LogP contribution in [0.4, 0.5) is 5.00 Å². The Morgan fingerprint density at radius 2 is 1.86 bits per heavy atom. The quantitative estimate of drug-likeness (QED) is 0.466. The molecule has 154 valence electrons. The molecule has 1 amide bonds. The SMILES string of the molecule is C=CCOC(=O)c1sc(NC(=O)COc2ccc(Cl)cc2)c(C(=O)OCC)c1C. The zero-order chi connectivity index (χ0) is 21.4. The molecule has 1 aromatic heterocycles. The number of rotatable bonds is 9. The lowest BCUT2D eigenvalue weighted by molar-refractivity contribution is -0.118. The van der Waals surface area contributed by atoms with Crippen molar-refractivity contribution in [3.8, 4) is 5.75 Å². The van der Waals surface area contributed by atoms with Crippen LogP contribution in [0.2, 0.25) is 5.02 Å². The van der Waals surface area contributed by atoms with Gasteiger partial charge in [0.1, 0.15) is 22.2 Å². The van der Waals surface area contributed by atoms with Crippen LogP contribution in [-0.2, 0) is 14.3 Å². The molecule has 0 saturated carbocycles. The van der Waals surface area contributed by atoms with Crippen LogP contribution >= 0.6 is 22.9 Å². The number of nitrogens with one attached hydrogen (secondary N) is 1. The summed E-state index contributed by atoms with van der Waals surface area (Å²) in [7, 11) is 0. The van der Waals surface area contributed by atoms with E-state index in [1.54, 1.807) is 38.1 Å². The largest absolute Gasteiger partial charge is 0.484 e. The maximum Gasteiger partial charge on any atom is 0.348 e. The van der Waals surface area contributed by atoms with Crippen molar-refractivity contribution in [3.63, 3.8) is 0 Å². The molecule has 1 heterocycles. The average Bonchev–Trinajstić information content (AvgIpc) is 3.01. The van der Waals surface area contributed by atoms with Gasteiger partial charge in [-0.3, -0.25) is 4.79 Å². The highest BCUT2D eigenvalue weighted by molar-refractivity contribution is 7.18. The molecular formula is C20H20ClNO6S. The minimum atomic E-state index is -0.641. The zero-order valence-corrected chi connectivity index (χ0v) is 17.5. The standard InChI is InChI=1S/C20H20ClNO6S/c1-4-10-27-20(25)17-12(3)16(19(24)26-5-2)18(29-17)22-15(23)11-28-14-8-6-13(21)7-9-14/h4,6-9H,1,5,10-11H2,2-3H3,(H,22,23). The molecule has 0 radical (unpaired) electrons. The lowest BCUT2D eigenvalue weighted by Crippen LogP contribution is -2.21. The Bertz CT molecular complexity index is 906. The minimum absolute atomic E-state index is 0.0293. The summed E-state index contributed by atoms with van der Waals surface area (Å²) in [6.07, 6.45) is 1.43. The van der Waals surface area contributed by atoms with Gasteiger partial charge in [-0.1, -0.05) is 24.3 Å². The second-order valence-corrected chi connectivity index (χ2v) is 7.12. The van der Waals surface area contributed by atoms with Gasteiger partial charge in [-0.05, 0) is 43.7 Å². The van der Waals surface area contributed by atoms with Crippen LogP contribution in [0.3, 0.4) is 0 Å². The summed E-state index contributed by atoms with van der Waals surface area (Å²) in [5.74, 6) is -1.29. The number of anilines is 1. The van der Waals surface area contributed by atoms with E-state index < -0.39 is 17.8 Å². The summed E-state index contributed by atoms with van der Waals surface area (Å²) in [5.41, 5.74) is 0.485. The van der Waals surface area contributed by atoms with Crippen LogP contribution in [0.25, 0.3) is 0 Å². The lowest BCUT2D eigenvalue weighted by Gasteiger charge is -2.08. The van der Waals surface area contributed by atoms with E-state index in [0.717, 1.165) is 11.3 Å². The molecule has 0 unspecified atom stereocenters. The number of benzene rings is 1. The summed E-state index contributed by atoms with van der Waals surface area (Å²) in [6, 6.07) is 6.53. The number of carbonyl (C=O) groups excluding carboxylic acids is 3. The van der Waals surface area contributed by atoms with E-state index in [2.05, 4.69) is 11.9 Å². The molecule has 0 bridgehead atoms. The predicted octanol–water partition coefficient (Wildman–Crippen LogP) is 4.25. The Kier molecular flexibility index (Phi) is 8.23. The van der Waals surface area contributed by atoms with Crippen LogP contribution in [0, 0.1) is 6.92 Å². The normalized spacial score (nSPS) is 10.2. The van der Waals surface area contributed by atoms with Gasteiger partial charge in [-0.2, -0.15) is 0 Å². The highest BCUT2D eigenvalue weighted by Crippen LogP contribution is 2.34. The number of hydrogen-bond donors (Lipinski definition) is 1. The van der Waals surface area contributed by atoms with E-state index in [1.807, 2.05) is 0 Å². The van der Waals surface area contributed by atoms with Gasteiger partial charge in [0.15, 0.2) is 6.61 Å². The molecule has 0 fully saturated rings. The number of halogens is 1. The first kappa shape index (κ1) is 22.4. The molecule has 0 spiro atoms. The summed E-state index contributed by atoms with van der Waals surface area (Å²) < 4.78 is 15.5. The van der Waals surface area contributed by atoms with Gasteiger partial charge in [0, 0.05) is 5.02 Å². The molecular weight excluding hydrogens is 418 g/mol. The number of thiophene rings is 1. The topological polar surface area (TPSA) is 90.9 Å². The summed E-state index contributed by atoms with van der Waals surface area (Å²) in [5, 5.41) is 3.34. The number of carbonyl (C=O) groups is 3. The van der Waals surface area contributed by atoms with Crippen molar-refractivity contribution in [2.75, 3.05) is 25.1 Å². The molecule has 0 aliphatic heterocycles. The molecule has 29 heavy (non-hydrogen) atoms. The van der Waals surface area contributed by atoms with Gasteiger partial charge in [0.25, 0.3) is 5.91 Å². The number of ether oxygens (including phenoxy) is 3. The molecule has 7 nitrogen and oxygen atoms in total. The van der Waals surface area contributed by atoms with E-state index in [9.17, 15) is 14.4 Å². The fourth-order valence-electron chi connectivity index (χ4n) is 2.29. The molecule has 1 N–H and O–H groups in total. The Labute approximate surface area is 177 Å². The average molecular weight is 438 g/mol. The fourth-order valence-corrected chi connectivity index (χ4v) is 3.52. The Morgan fingerprint density at radius 1 is 1.17 bits per heavy atom. The summed E-state index contributed by atoms with van der Waals surface area (Å²) >= 11 is 6.74. The monoisotopic (exact) mass is 437 g/mol. The third kappa shape index (κ3) is 6.07. The fraction of sp³-hybridized carbons (Fsp3) is 0.250. The molecule has 2 rings (SSSR count). The minimum Gasteiger partial charge on any atom is -0.484 e. The van der Waals surface area contributed by atoms with Crippen molar-refractivity contribution in [2.24, 2.45) is 0 Å². The lowest BCUT2D eigenvalue weighted by atomic mass is 10.1. The first-order valence-electron chi connectivity index (χ1n) is 8.64. The summed E-state index contributed by atoms with van der Waals surface area (Å²) in [6.45, 7) is 6.63. The molecule has 0 aliphatic carbocycles. The van der Waals surface area contributed by atoms with Crippen LogP contribution in [0.15, 0.2) is 36.9 Å². The van der Waals surface area contributed by atoms with E-state index in [1.165, 1.54) is 6.08 Å². The molecule has 9 heteroatoms. The van der Waals surface area contributed by atoms with E-state index in [-0.39, 0.29) is 35.3 Å². The molecule has 0 atom stereocenters. The molecule has 2 aromatic rings. The van der Waals surface area contributed by atoms with Gasteiger partial charge < -0.3 is 19.5 Å². The number of hydrogen-bond acceptors (Lipinski definition) is 7. The highest BCUT2D eigenvalue weighted by atomic mass is 35.5. The third-order valence-corrected chi connectivity index (χ3v) is 5.02. The Morgan fingerprint density at radius 3 is 2.48 bits per heavy atom. The van der Waals surface area contributed by atoms with Crippen molar-refractivity contribution in [1.29, 1.82) is 0 Å². The van der Waals surface area contributed by atoms with E-state index >= 15 is 0 Å². The van der Waals surface area contributed by atoms with E-state index in [4.69, 9.17) is 25.8 Å².